The Morgan fingerprint density at radius 1 is 1.00 bits per heavy atom. The lowest BCUT2D eigenvalue weighted by molar-refractivity contribution is -0.146. The van der Waals surface area contributed by atoms with E-state index < -0.39 is 5.41 Å². The van der Waals surface area contributed by atoms with Crippen LogP contribution in [0.4, 0.5) is 0 Å². The second-order valence-corrected chi connectivity index (χ2v) is 8.60. The predicted molar refractivity (Wildman–Crippen MR) is 107 cm³/mol. The fourth-order valence-electron chi connectivity index (χ4n) is 4.81. The van der Waals surface area contributed by atoms with Crippen molar-refractivity contribution in [2.45, 2.75) is 39.5 Å². The molecule has 1 N–H and O–H groups in total. The lowest BCUT2D eigenvalue weighted by atomic mass is 9.81. The molecule has 0 aliphatic carbocycles. The Hall–Kier alpha value is -1.18. The Bertz CT molecular complexity index is 536. The summed E-state index contributed by atoms with van der Waals surface area (Å²) in [7, 11) is 0. The molecule has 3 aliphatic heterocycles. The molecule has 7 nitrogen and oxygen atoms in total. The van der Waals surface area contributed by atoms with Crippen LogP contribution in [-0.4, -0.2) is 87.3 Å². The molecular formula is C21H37N3O4. The molecule has 0 bridgehead atoms. The van der Waals surface area contributed by atoms with Crippen LogP contribution in [-0.2, 0) is 19.1 Å². The van der Waals surface area contributed by atoms with Crippen LogP contribution < -0.4 is 5.32 Å². The third kappa shape index (κ3) is 5.05. The third-order valence-corrected chi connectivity index (χ3v) is 6.51. The van der Waals surface area contributed by atoms with Gasteiger partial charge in [0.05, 0.1) is 18.6 Å². The minimum Gasteiger partial charge on any atom is -0.381 e. The first-order chi connectivity index (χ1) is 13.6. The molecule has 3 heterocycles. The van der Waals surface area contributed by atoms with Crippen molar-refractivity contribution in [3.05, 3.63) is 0 Å². The zero-order valence-electron chi connectivity index (χ0n) is 17.6. The molecular weight excluding hydrogens is 358 g/mol. The molecule has 0 aromatic rings. The van der Waals surface area contributed by atoms with E-state index in [0.29, 0.717) is 38.0 Å². The molecule has 0 radical (unpaired) electrons. The summed E-state index contributed by atoms with van der Waals surface area (Å²) in [6.07, 6.45) is 3.07. The van der Waals surface area contributed by atoms with Gasteiger partial charge in [-0.3, -0.25) is 9.59 Å². The standard InChI is InChI=1S/C21H37N3O4/c1-3-27-14-17-5-9-23(12-17)19(25)11-21(7-8-22-16-21)20(26)24-10-6-18(13-24)15-28-4-2/h17-18,22H,3-16H2,1-2H3. The van der Waals surface area contributed by atoms with Crippen LogP contribution in [0.5, 0.6) is 0 Å². The second kappa shape index (κ2) is 10.0. The molecule has 3 unspecified atom stereocenters. The van der Waals surface area contributed by atoms with E-state index >= 15 is 0 Å². The van der Waals surface area contributed by atoms with Crippen molar-refractivity contribution in [3.63, 3.8) is 0 Å². The van der Waals surface area contributed by atoms with Crippen molar-refractivity contribution >= 4 is 11.8 Å². The first kappa shape index (κ1) is 21.5. The topological polar surface area (TPSA) is 71.1 Å². The fourth-order valence-corrected chi connectivity index (χ4v) is 4.81. The second-order valence-electron chi connectivity index (χ2n) is 8.60. The van der Waals surface area contributed by atoms with Crippen LogP contribution in [0.3, 0.4) is 0 Å². The summed E-state index contributed by atoms with van der Waals surface area (Å²) in [6.45, 7) is 11.4. The van der Waals surface area contributed by atoms with Crippen LogP contribution in [0.15, 0.2) is 0 Å². The van der Waals surface area contributed by atoms with E-state index in [0.717, 1.165) is 65.2 Å². The van der Waals surface area contributed by atoms with E-state index in [1.807, 2.05) is 23.6 Å². The Morgan fingerprint density at radius 3 is 2.18 bits per heavy atom. The average Bonchev–Trinajstić information content (AvgIpc) is 3.45. The molecule has 3 atom stereocenters. The van der Waals surface area contributed by atoms with Gasteiger partial charge in [-0.05, 0) is 39.7 Å². The molecule has 0 spiro atoms. The van der Waals surface area contributed by atoms with Crippen LogP contribution in [0.1, 0.15) is 39.5 Å². The largest absolute Gasteiger partial charge is 0.381 e. The molecule has 3 rings (SSSR count). The van der Waals surface area contributed by atoms with Gasteiger partial charge in [0.25, 0.3) is 0 Å². The first-order valence-electron chi connectivity index (χ1n) is 11.0. The first-order valence-corrected chi connectivity index (χ1v) is 11.0. The number of hydrogen-bond donors (Lipinski definition) is 1. The highest BCUT2D eigenvalue weighted by Gasteiger charge is 2.47. The number of nitrogens with one attached hydrogen (secondary N) is 1. The lowest BCUT2D eigenvalue weighted by Crippen LogP contribution is -2.47. The Kier molecular flexibility index (Phi) is 7.71. The maximum Gasteiger partial charge on any atom is 0.230 e. The van der Waals surface area contributed by atoms with Crippen LogP contribution in [0, 0.1) is 17.3 Å². The number of nitrogens with zero attached hydrogens (tertiary/aromatic N) is 2. The molecule has 3 aliphatic rings. The highest BCUT2D eigenvalue weighted by Crippen LogP contribution is 2.35. The van der Waals surface area contributed by atoms with Gasteiger partial charge in [-0.1, -0.05) is 0 Å². The molecule has 28 heavy (non-hydrogen) atoms. The summed E-state index contributed by atoms with van der Waals surface area (Å²) in [5.74, 6) is 1.13. The van der Waals surface area contributed by atoms with E-state index in [1.54, 1.807) is 0 Å². The normalized spacial score (nSPS) is 30.4. The summed E-state index contributed by atoms with van der Waals surface area (Å²) in [5.41, 5.74) is -0.574. The van der Waals surface area contributed by atoms with Crippen molar-refractivity contribution in [1.29, 1.82) is 0 Å². The minimum atomic E-state index is -0.574. The predicted octanol–water partition coefficient (Wildman–Crippen LogP) is 1.13. The molecule has 160 valence electrons. The molecule has 0 aromatic carbocycles. The number of ether oxygens (including phenoxy) is 2. The Balaban J connectivity index is 1.56. The van der Waals surface area contributed by atoms with Gasteiger partial charge in [0, 0.05) is 64.2 Å². The van der Waals surface area contributed by atoms with Gasteiger partial charge in [-0.25, -0.2) is 0 Å². The molecule has 3 fully saturated rings. The van der Waals surface area contributed by atoms with Gasteiger partial charge in [0.15, 0.2) is 0 Å². The quantitative estimate of drug-likeness (QED) is 0.634. The maximum atomic E-state index is 13.4. The van der Waals surface area contributed by atoms with Gasteiger partial charge in [0.1, 0.15) is 0 Å². The summed E-state index contributed by atoms with van der Waals surface area (Å²) >= 11 is 0. The van der Waals surface area contributed by atoms with Crippen molar-refractivity contribution in [2.24, 2.45) is 17.3 Å². The van der Waals surface area contributed by atoms with Gasteiger partial charge in [0.2, 0.25) is 11.8 Å². The highest BCUT2D eigenvalue weighted by atomic mass is 16.5. The smallest absolute Gasteiger partial charge is 0.230 e. The number of hydrogen-bond acceptors (Lipinski definition) is 5. The van der Waals surface area contributed by atoms with E-state index in [4.69, 9.17) is 9.47 Å². The third-order valence-electron chi connectivity index (χ3n) is 6.51. The van der Waals surface area contributed by atoms with Crippen molar-refractivity contribution in [2.75, 3.05) is 65.7 Å². The summed E-state index contributed by atoms with van der Waals surface area (Å²) < 4.78 is 11.1. The maximum absolute atomic E-state index is 13.4. The van der Waals surface area contributed by atoms with E-state index in [1.165, 1.54) is 0 Å². The highest BCUT2D eigenvalue weighted by molar-refractivity contribution is 5.90. The van der Waals surface area contributed by atoms with Gasteiger partial charge in [-0.2, -0.15) is 0 Å². The zero-order chi connectivity index (χ0) is 20.0. The molecule has 0 aromatic heterocycles. The number of amides is 2. The monoisotopic (exact) mass is 395 g/mol. The zero-order valence-corrected chi connectivity index (χ0v) is 17.6. The van der Waals surface area contributed by atoms with Gasteiger partial charge < -0.3 is 24.6 Å². The van der Waals surface area contributed by atoms with Crippen molar-refractivity contribution < 1.29 is 19.1 Å². The lowest BCUT2D eigenvalue weighted by Gasteiger charge is -2.32. The summed E-state index contributed by atoms with van der Waals surface area (Å²) in [4.78, 5) is 30.3. The fraction of sp³-hybridized carbons (Fsp3) is 0.905. The Labute approximate surface area is 169 Å². The van der Waals surface area contributed by atoms with E-state index in [2.05, 4.69) is 5.32 Å². The minimum absolute atomic E-state index is 0.126. The van der Waals surface area contributed by atoms with E-state index in [-0.39, 0.29) is 11.8 Å². The number of likely N-dealkylation sites (tertiary alicyclic amines) is 2. The average molecular weight is 396 g/mol. The summed E-state index contributed by atoms with van der Waals surface area (Å²) in [6, 6.07) is 0. The number of carbonyl (C=O) groups is 2. The molecule has 7 heteroatoms. The molecule has 3 saturated heterocycles. The SMILES string of the molecule is CCOCC1CCN(C(=O)CC2(C(=O)N3CCC(COCC)C3)CCNC2)C1. The van der Waals surface area contributed by atoms with Gasteiger partial charge >= 0.3 is 0 Å². The van der Waals surface area contributed by atoms with Crippen LogP contribution in [0.25, 0.3) is 0 Å². The van der Waals surface area contributed by atoms with Crippen molar-refractivity contribution in [1.82, 2.24) is 15.1 Å². The van der Waals surface area contributed by atoms with Crippen LogP contribution in [0.2, 0.25) is 0 Å². The summed E-state index contributed by atoms with van der Waals surface area (Å²) in [5, 5.41) is 3.33. The van der Waals surface area contributed by atoms with E-state index in [9.17, 15) is 9.59 Å². The number of rotatable bonds is 9. The molecule has 0 saturated carbocycles. The number of carbonyl (C=O) groups excluding carboxylic acids is 2. The van der Waals surface area contributed by atoms with Crippen LogP contribution >= 0.6 is 0 Å². The Morgan fingerprint density at radius 2 is 1.61 bits per heavy atom. The molecule has 2 amide bonds. The van der Waals surface area contributed by atoms with Gasteiger partial charge in [-0.15, -0.1) is 0 Å². The van der Waals surface area contributed by atoms with Crippen molar-refractivity contribution in [3.8, 4) is 0 Å².